The summed E-state index contributed by atoms with van der Waals surface area (Å²) < 4.78 is 5.07. The van der Waals surface area contributed by atoms with Crippen LogP contribution in [0.2, 0.25) is 0 Å². The molecule has 0 aliphatic rings. The van der Waals surface area contributed by atoms with Crippen molar-refractivity contribution in [2.45, 2.75) is 13.3 Å². The molecule has 1 aromatic carbocycles. The van der Waals surface area contributed by atoms with Crippen molar-refractivity contribution in [1.29, 1.82) is 0 Å². The summed E-state index contributed by atoms with van der Waals surface area (Å²) in [4.78, 5) is 22.7. The molecule has 0 saturated heterocycles. The zero-order valence-corrected chi connectivity index (χ0v) is 10.3. The lowest BCUT2D eigenvalue weighted by atomic mass is 10.1. The summed E-state index contributed by atoms with van der Waals surface area (Å²) >= 11 is 3.09. The van der Waals surface area contributed by atoms with Gasteiger partial charge in [0, 0.05) is 0 Å². The van der Waals surface area contributed by atoms with Crippen LogP contribution in [0.15, 0.2) is 22.7 Å². The number of benzene rings is 1. The minimum absolute atomic E-state index is 0.113. The first kappa shape index (κ1) is 12.7. The topological polar surface area (TPSA) is 63.6 Å². The van der Waals surface area contributed by atoms with Crippen LogP contribution in [0.5, 0.6) is 5.75 Å². The van der Waals surface area contributed by atoms with E-state index in [9.17, 15) is 14.7 Å². The standard InChI is InChI=1S/C11H11BrO4/c1-2-16-10(14)6-9(13)7-4-3-5-8(12)11(7)15/h3-5,15H,2,6H2,1H3. The molecule has 0 fully saturated rings. The molecule has 1 aromatic rings. The number of Topliss-reactive ketones (excluding diaryl/α,β-unsaturated/α-hetero) is 1. The zero-order chi connectivity index (χ0) is 12.1. The van der Waals surface area contributed by atoms with Gasteiger partial charge in [-0.1, -0.05) is 6.07 Å². The molecule has 0 spiro atoms. The van der Waals surface area contributed by atoms with Gasteiger partial charge in [-0.25, -0.2) is 0 Å². The third-order valence-electron chi connectivity index (χ3n) is 1.90. The second-order valence-corrected chi connectivity index (χ2v) is 3.90. The molecule has 0 aliphatic heterocycles. The molecule has 1 rings (SSSR count). The predicted octanol–water partition coefficient (Wildman–Crippen LogP) is 2.29. The van der Waals surface area contributed by atoms with Gasteiger partial charge in [0.15, 0.2) is 5.78 Å². The van der Waals surface area contributed by atoms with Crippen LogP contribution in [0.3, 0.4) is 0 Å². The highest BCUT2D eigenvalue weighted by Gasteiger charge is 2.17. The van der Waals surface area contributed by atoms with E-state index < -0.39 is 11.8 Å². The maximum Gasteiger partial charge on any atom is 0.313 e. The molecule has 0 aromatic heterocycles. The third-order valence-corrected chi connectivity index (χ3v) is 2.54. The van der Waals surface area contributed by atoms with Gasteiger partial charge >= 0.3 is 5.97 Å². The minimum atomic E-state index is -0.591. The molecular weight excluding hydrogens is 276 g/mol. The first-order valence-corrected chi connectivity index (χ1v) is 5.51. The van der Waals surface area contributed by atoms with E-state index in [1.807, 2.05) is 0 Å². The van der Waals surface area contributed by atoms with Gasteiger partial charge in [0.1, 0.15) is 12.2 Å². The van der Waals surface area contributed by atoms with Gasteiger partial charge in [0.05, 0.1) is 16.6 Å². The molecule has 0 radical (unpaired) electrons. The highest BCUT2D eigenvalue weighted by Crippen LogP contribution is 2.28. The third kappa shape index (κ3) is 3.06. The summed E-state index contributed by atoms with van der Waals surface area (Å²) in [5.41, 5.74) is 0.113. The Hall–Kier alpha value is -1.36. The highest BCUT2D eigenvalue weighted by atomic mass is 79.9. The van der Waals surface area contributed by atoms with E-state index in [0.29, 0.717) is 4.47 Å². The number of carbonyl (C=O) groups excluding carboxylic acids is 2. The van der Waals surface area contributed by atoms with Gasteiger partial charge < -0.3 is 9.84 Å². The van der Waals surface area contributed by atoms with E-state index in [0.717, 1.165) is 0 Å². The van der Waals surface area contributed by atoms with Crippen LogP contribution in [-0.2, 0) is 9.53 Å². The molecule has 0 saturated carbocycles. The highest BCUT2D eigenvalue weighted by molar-refractivity contribution is 9.10. The first-order valence-electron chi connectivity index (χ1n) is 4.72. The molecule has 5 heteroatoms. The van der Waals surface area contributed by atoms with Crippen molar-refractivity contribution in [3.63, 3.8) is 0 Å². The van der Waals surface area contributed by atoms with Crippen LogP contribution in [-0.4, -0.2) is 23.5 Å². The molecule has 1 N–H and O–H groups in total. The van der Waals surface area contributed by atoms with Gasteiger partial charge in [0.25, 0.3) is 0 Å². The summed E-state index contributed by atoms with van der Waals surface area (Å²) in [6.07, 6.45) is -0.363. The number of hydrogen-bond donors (Lipinski definition) is 1. The van der Waals surface area contributed by atoms with Crippen molar-refractivity contribution in [3.05, 3.63) is 28.2 Å². The van der Waals surface area contributed by atoms with Crippen LogP contribution in [0.25, 0.3) is 0 Å². The van der Waals surface area contributed by atoms with E-state index in [2.05, 4.69) is 20.7 Å². The lowest BCUT2D eigenvalue weighted by Gasteiger charge is -2.05. The first-order chi connectivity index (χ1) is 7.56. The van der Waals surface area contributed by atoms with E-state index in [1.54, 1.807) is 19.1 Å². The maximum absolute atomic E-state index is 11.6. The number of aromatic hydroxyl groups is 1. The molecule has 4 nitrogen and oxygen atoms in total. The molecular formula is C11H11BrO4. The SMILES string of the molecule is CCOC(=O)CC(=O)c1cccc(Br)c1O. The number of carbonyl (C=O) groups is 2. The van der Waals surface area contributed by atoms with Gasteiger partial charge in [-0.15, -0.1) is 0 Å². The van der Waals surface area contributed by atoms with Crippen LogP contribution in [0.1, 0.15) is 23.7 Å². The van der Waals surface area contributed by atoms with E-state index in [-0.39, 0.29) is 24.3 Å². The molecule has 16 heavy (non-hydrogen) atoms. The average molecular weight is 287 g/mol. The smallest absolute Gasteiger partial charge is 0.313 e. The summed E-state index contributed by atoms with van der Waals surface area (Å²) in [6.45, 7) is 1.90. The second-order valence-electron chi connectivity index (χ2n) is 3.04. The number of esters is 1. The van der Waals surface area contributed by atoms with Crippen molar-refractivity contribution in [2.75, 3.05) is 6.61 Å². The quantitative estimate of drug-likeness (QED) is 0.524. The number of halogens is 1. The van der Waals surface area contributed by atoms with E-state index in [4.69, 9.17) is 0 Å². The number of rotatable bonds is 4. The number of phenols is 1. The molecule has 0 aliphatic carbocycles. The van der Waals surface area contributed by atoms with Crippen LogP contribution >= 0.6 is 15.9 Å². The number of ketones is 1. The molecule has 0 bridgehead atoms. The predicted molar refractivity (Wildman–Crippen MR) is 61.4 cm³/mol. The van der Waals surface area contributed by atoms with Crippen molar-refractivity contribution in [3.8, 4) is 5.75 Å². The molecule has 0 unspecified atom stereocenters. The molecule has 0 amide bonds. The summed E-state index contributed by atoms with van der Waals surface area (Å²) in [6, 6.07) is 4.68. The van der Waals surface area contributed by atoms with E-state index >= 15 is 0 Å². The Kier molecular flexibility index (Phi) is 4.49. The number of phenolic OH excluding ortho intramolecular Hbond substituents is 1. The summed E-state index contributed by atoms with van der Waals surface area (Å²) in [7, 11) is 0. The van der Waals surface area contributed by atoms with Crippen LogP contribution in [0.4, 0.5) is 0 Å². The van der Waals surface area contributed by atoms with Gasteiger partial charge in [0.2, 0.25) is 0 Å². The Morgan fingerprint density at radius 3 is 2.75 bits per heavy atom. The largest absolute Gasteiger partial charge is 0.506 e. The maximum atomic E-state index is 11.6. The van der Waals surface area contributed by atoms with Crippen molar-refractivity contribution < 1.29 is 19.4 Å². The fourth-order valence-corrected chi connectivity index (χ4v) is 1.54. The zero-order valence-electron chi connectivity index (χ0n) is 8.70. The van der Waals surface area contributed by atoms with Crippen molar-refractivity contribution >= 4 is 27.7 Å². The fraction of sp³-hybridized carbons (Fsp3) is 0.273. The number of para-hydroxylation sites is 1. The molecule has 0 heterocycles. The van der Waals surface area contributed by atoms with Crippen LogP contribution in [0, 0.1) is 0 Å². The molecule has 86 valence electrons. The van der Waals surface area contributed by atoms with E-state index in [1.165, 1.54) is 6.07 Å². The summed E-state index contributed by atoms with van der Waals surface area (Å²) in [5, 5.41) is 9.59. The number of ether oxygens (including phenoxy) is 1. The lowest BCUT2D eigenvalue weighted by molar-refractivity contribution is -0.141. The Bertz CT molecular complexity index is 414. The Balaban J connectivity index is 2.81. The second kappa shape index (κ2) is 5.65. The van der Waals surface area contributed by atoms with Gasteiger partial charge in [-0.3, -0.25) is 9.59 Å². The Morgan fingerprint density at radius 1 is 1.44 bits per heavy atom. The molecule has 0 atom stereocenters. The minimum Gasteiger partial charge on any atom is -0.506 e. The van der Waals surface area contributed by atoms with Crippen LogP contribution < -0.4 is 0 Å². The fourth-order valence-electron chi connectivity index (χ4n) is 1.18. The van der Waals surface area contributed by atoms with Gasteiger partial charge in [-0.05, 0) is 35.0 Å². The average Bonchev–Trinajstić information content (AvgIpc) is 2.22. The lowest BCUT2D eigenvalue weighted by Crippen LogP contribution is -2.11. The van der Waals surface area contributed by atoms with Gasteiger partial charge in [-0.2, -0.15) is 0 Å². The number of hydrogen-bond acceptors (Lipinski definition) is 4. The van der Waals surface area contributed by atoms with Crippen molar-refractivity contribution in [1.82, 2.24) is 0 Å². The monoisotopic (exact) mass is 286 g/mol. The Morgan fingerprint density at radius 2 is 2.12 bits per heavy atom. The van der Waals surface area contributed by atoms with Crippen molar-refractivity contribution in [2.24, 2.45) is 0 Å². The normalized spacial score (nSPS) is 9.88. The summed E-state index contributed by atoms with van der Waals surface area (Å²) in [5.74, 6) is -1.21. The Labute approximate surface area is 101 Å².